The Kier molecular flexibility index (Phi) is 36.4. The molecule has 0 saturated heterocycles. The normalized spacial score (nSPS) is 11.7. The minimum atomic E-state index is -0.861. The highest BCUT2D eigenvalue weighted by molar-refractivity contribution is 6.28. The molecular formula is C63H103ClO2. The van der Waals surface area contributed by atoms with Crippen LogP contribution in [-0.2, 0) is 4.87 Å². The van der Waals surface area contributed by atoms with Crippen molar-refractivity contribution in [2.45, 2.75) is 276 Å². The average molecular weight is 928 g/mol. The fourth-order valence-corrected chi connectivity index (χ4v) is 10.2. The van der Waals surface area contributed by atoms with Crippen molar-refractivity contribution in [1.29, 1.82) is 0 Å². The SMILES string of the molecule is CCCCCCCCCCCCCCCCCCCCCCOc1cc(OCCCCCCCCCCCCCCCCCCCCCC)cc(C(Cl)(c2ccccc2)c2ccccc2)c1. The Morgan fingerprint density at radius 3 is 0.758 bits per heavy atom. The largest absolute Gasteiger partial charge is 0.493 e. The van der Waals surface area contributed by atoms with Gasteiger partial charge in [-0.15, -0.1) is 11.6 Å². The van der Waals surface area contributed by atoms with E-state index < -0.39 is 4.87 Å². The topological polar surface area (TPSA) is 18.5 Å². The van der Waals surface area contributed by atoms with Gasteiger partial charge in [0.2, 0.25) is 0 Å². The predicted molar refractivity (Wildman–Crippen MR) is 292 cm³/mol. The summed E-state index contributed by atoms with van der Waals surface area (Å²) >= 11 is 7.79. The number of ether oxygens (including phenoxy) is 2. The van der Waals surface area contributed by atoms with Gasteiger partial charge in [0.25, 0.3) is 0 Å². The first-order chi connectivity index (χ1) is 32.7. The molecule has 3 heteroatoms. The van der Waals surface area contributed by atoms with Crippen molar-refractivity contribution in [1.82, 2.24) is 0 Å². The molecule has 3 aromatic carbocycles. The van der Waals surface area contributed by atoms with Gasteiger partial charge in [0.1, 0.15) is 16.4 Å². The van der Waals surface area contributed by atoms with Crippen LogP contribution in [0.3, 0.4) is 0 Å². The lowest BCUT2D eigenvalue weighted by Gasteiger charge is -2.30. The van der Waals surface area contributed by atoms with Crippen LogP contribution in [0.5, 0.6) is 11.5 Å². The lowest BCUT2D eigenvalue weighted by atomic mass is 9.84. The van der Waals surface area contributed by atoms with E-state index in [1.54, 1.807) is 0 Å². The first kappa shape index (κ1) is 57.9. The van der Waals surface area contributed by atoms with E-state index in [1.165, 1.54) is 244 Å². The number of alkyl halides is 1. The van der Waals surface area contributed by atoms with Crippen LogP contribution in [0.1, 0.15) is 287 Å². The second-order valence-corrected chi connectivity index (χ2v) is 20.8. The number of rotatable bonds is 47. The highest BCUT2D eigenvalue weighted by Gasteiger charge is 2.35. The van der Waals surface area contributed by atoms with Crippen LogP contribution in [0.2, 0.25) is 0 Å². The minimum Gasteiger partial charge on any atom is -0.493 e. The van der Waals surface area contributed by atoms with Crippen molar-refractivity contribution in [3.05, 3.63) is 95.6 Å². The Bertz CT molecular complexity index is 1370. The zero-order chi connectivity index (χ0) is 46.7. The minimum absolute atomic E-state index is 0.715. The van der Waals surface area contributed by atoms with Crippen LogP contribution in [0.25, 0.3) is 0 Å². The fourth-order valence-electron chi connectivity index (χ4n) is 9.87. The number of halogens is 1. The molecule has 374 valence electrons. The molecule has 0 fully saturated rings. The standard InChI is InChI=1S/C63H103ClO2/c1-3-5-7-9-11-13-15-17-19-21-23-25-27-29-31-33-35-37-39-47-53-65-61-55-60(63(64,58-49-43-41-44-50-58)59-51-45-42-46-52-59)56-62(57-61)66-54-48-40-38-36-34-32-30-28-26-24-22-20-18-16-14-12-10-8-6-4-2/h41-46,49-52,55-57H,3-40,47-48,53-54H2,1-2H3. The molecule has 0 unspecified atom stereocenters. The van der Waals surface area contributed by atoms with E-state index >= 15 is 0 Å². The highest BCUT2D eigenvalue weighted by Crippen LogP contribution is 2.45. The zero-order valence-corrected chi connectivity index (χ0v) is 44.2. The molecule has 0 saturated carbocycles. The second kappa shape index (κ2) is 41.5. The molecule has 0 heterocycles. The number of benzene rings is 3. The van der Waals surface area contributed by atoms with Crippen LogP contribution < -0.4 is 9.47 Å². The molecule has 0 N–H and O–H groups in total. The van der Waals surface area contributed by atoms with E-state index in [1.807, 2.05) is 0 Å². The van der Waals surface area contributed by atoms with E-state index in [2.05, 4.69) is 92.7 Å². The van der Waals surface area contributed by atoms with Gasteiger partial charge in [-0.1, -0.05) is 319 Å². The van der Waals surface area contributed by atoms with Gasteiger partial charge in [-0.3, -0.25) is 0 Å². The molecule has 2 nitrogen and oxygen atoms in total. The zero-order valence-electron chi connectivity index (χ0n) is 43.4. The van der Waals surface area contributed by atoms with Crippen molar-refractivity contribution in [2.75, 3.05) is 13.2 Å². The van der Waals surface area contributed by atoms with Gasteiger partial charge >= 0.3 is 0 Å². The summed E-state index contributed by atoms with van der Waals surface area (Å²) in [5, 5.41) is 0. The molecule has 0 aromatic heterocycles. The van der Waals surface area contributed by atoms with Crippen molar-refractivity contribution < 1.29 is 9.47 Å². The Morgan fingerprint density at radius 1 is 0.288 bits per heavy atom. The molecule has 0 spiro atoms. The molecule has 0 aliphatic heterocycles. The summed E-state index contributed by atoms with van der Waals surface area (Å²) < 4.78 is 13.0. The van der Waals surface area contributed by atoms with Gasteiger partial charge in [0.05, 0.1) is 13.2 Å². The van der Waals surface area contributed by atoms with Crippen LogP contribution in [0.15, 0.2) is 78.9 Å². The van der Waals surface area contributed by atoms with Gasteiger partial charge < -0.3 is 9.47 Å². The Balaban J connectivity index is 1.31. The first-order valence-corrected chi connectivity index (χ1v) is 29.3. The van der Waals surface area contributed by atoms with E-state index in [0.29, 0.717) is 13.2 Å². The Morgan fingerprint density at radius 2 is 0.515 bits per heavy atom. The van der Waals surface area contributed by atoms with Crippen LogP contribution in [0.4, 0.5) is 0 Å². The summed E-state index contributed by atoms with van der Waals surface area (Å²) in [6.45, 7) is 6.04. The number of hydrogen-bond donors (Lipinski definition) is 0. The van der Waals surface area contributed by atoms with Gasteiger partial charge in [0, 0.05) is 6.07 Å². The summed E-state index contributed by atoms with van der Waals surface area (Å²) in [5.41, 5.74) is 3.08. The number of unbranched alkanes of at least 4 members (excludes halogenated alkanes) is 38. The molecular weight excluding hydrogens is 824 g/mol. The summed E-state index contributed by atoms with van der Waals surface area (Å²) in [5.74, 6) is 1.70. The van der Waals surface area contributed by atoms with Crippen LogP contribution >= 0.6 is 11.6 Å². The molecule has 0 aliphatic carbocycles. The summed E-state index contributed by atoms with van der Waals surface area (Å²) in [6, 6.07) is 27.3. The maximum atomic E-state index is 7.79. The highest BCUT2D eigenvalue weighted by atomic mass is 35.5. The Hall–Kier alpha value is -2.45. The van der Waals surface area contributed by atoms with Gasteiger partial charge in [0.15, 0.2) is 0 Å². The third kappa shape index (κ3) is 28.1. The quantitative estimate of drug-likeness (QED) is 0.0319. The van der Waals surface area contributed by atoms with Crippen molar-refractivity contribution in [3.8, 4) is 11.5 Å². The van der Waals surface area contributed by atoms with Gasteiger partial charge in [-0.2, -0.15) is 0 Å². The molecule has 3 aromatic rings. The van der Waals surface area contributed by atoms with Crippen LogP contribution in [-0.4, -0.2) is 13.2 Å². The first-order valence-electron chi connectivity index (χ1n) is 28.9. The average Bonchev–Trinajstić information content (AvgIpc) is 3.35. The number of hydrogen-bond acceptors (Lipinski definition) is 2. The Labute approximate surface area is 414 Å². The summed E-state index contributed by atoms with van der Waals surface area (Å²) in [6.07, 6.45) is 55.6. The maximum Gasteiger partial charge on any atom is 0.123 e. The monoisotopic (exact) mass is 927 g/mol. The fraction of sp³-hybridized carbons (Fsp3) is 0.714. The molecule has 66 heavy (non-hydrogen) atoms. The molecule has 0 aliphatic rings. The van der Waals surface area contributed by atoms with Crippen molar-refractivity contribution in [3.63, 3.8) is 0 Å². The van der Waals surface area contributed by atoms with Crippen molar-refractivity contribution >= 4 is 11.6 Å². The second-order valence-electron chi connectivity index (χ2n) is 20.2. The lowest BCUT2D eigenvalue weighted by Crippen LogP contribution is -2.22. The smallest absolute Gasteiger partial charge is 0.123 e. The van der Waals surface area contributed by atoms with Crippen molar-refractivity contribution in [2.24, 2.45) is 0 Å². The third-order valence-corrected chi connectivity index (χ3v) is 14.8. The predicted octanol–water partition coefficient (Wildman–Crippen LogP) is 21.6. The third-order valence-electron chi connectivity index (χ3n) is 14.2. The van der Waals surface area contributed by atoms with E-state index in [0.717, 1.165) is 41.0 Å². The van der Waals surface area contributed by atoms with Gasteiger partial charge in [-0.05, 0) is 41.7 Å². The summed E-state index contributed by atoms with van der Waals surface area (Å²) in [4.78, 5) is -0.861. The maximum absolute atomic E-state index is 7.79. The molecule has 0 atom stereocenters. The van der Waals surface area contributed by atoms with Crippen LogP contribution in [0, 0.1) is 0 Å². The van der Waals surface area contributed by atoms with E-state index in [9.17, 15) is 0 Å². The molecule has 0 radical (unpaired) electrons. The summed E-state index contributed by atoms with van der Waals surface area (Å²) in [7, 11) is 0. The lowest BCUT2D eigenvalue weighted by molar-refractivity contribution is 0.289. The van der Waals surface area contributed by atoms with Gasteiger partial charge in [-0.25, -0.2) is 0 Å². The molecule has 0 bridgehead atoms. The molecule has 0 amide bonds. The van der Waals surface area contributed by atoms with E-state index in [-0.39, 0.29) is 0 Å². The van der Waals surface area contributed by atoms with E-state index in [4.69, 9.17) is 21.1 Å². The molecule has 3 rings (SSSR count).